The summed E-state index contributed by atoms with van der Waals surface area (Å²) in [5, 5.41) is 6.20. The lowest BCUT2D eigenvalue weighted by molar-refractivity contribution is 0.0978. The second kappa shape index (κ2) is 5.91. The van der Waals surface area contributed by atoms with Gasteiger partial charge in [0.2, 0.25) is 0 Å². The van der Waals surface area contributed by atoms with E-state index in [0.717, 1.165) is 41.0 Å². The third-order valence-electron chi connectivity index (χ3n) is 4.55. The van der Waals surface area contributed by atoms with E-state index in [2.05, 4.69) is 16.6 Å². The van der Waals surface area contributed by atoms with Crippen LogP contribution < -0.4 is 4.90 Å². The number of thiophene rings is 1. The molecule has 5 heteroatoms. The van der Waals surface area contributed by atoms with E-state index in [1.807, 2.05) is 38.1 Å². The molecule has 0 radical (unpaired) electrons. The summed E-state index contributed by atoms with van der Waals surface area (Å²) < 4.78 is 5.56. The van der Waals surface area contributed by atoms with Gasteiger partial charge in [0.25, 0.3) is 5.91 Å². The molecule has 0 spiro atoms. The van der Waals surface area contributed by atoms with Crippen LogP contribution in [0.2, 0.25) is 0 Å². The molecule has 4 nitrogen and oxygen atoms in total. The third kappa shape index (κ3) is 2.27. The Kier molecular flexibility index (Phi) is 3.73. The highest BCUT2D eigenvalue weighted by atomic mass is 32.1. The van der Waals surface area contributed by atoms with Crippen LogP contribution in [0.3, 0.4) is 0 Å². The summed E-state index contributed by atoms with van der Waals surface area (Å²) in [6.45, 7) is 4.59. The van der Waals surface area contributed by atoms with Crippen molar-refractivity contribution in [3.63, 3.8) is 0 Å². The predicted molar refractivity (Wildman–Crippen MR) is 95.8 cm³/mol. The van der Waals surface area contributed by atoms with Gasteiger partial charge >= 0.3 is 0 Å². The Morgan fingerprint density at radius 3 is 2.92 bits per heavy atom. The van der Waals surface area contributed by atoms with Gasteiger partial charge in [0.05, 0.1) is 0 Å². The Bertz CT molecular complexity index is 910. The second-order valence-electron chi connectivity index (χ2n) is 5.93. The molecule has 0 bridgehead atoms. The van der Waals surface area contributed by atoms with Crippen molar-refractivity contribution >= 4 is 22.9 Å². The molecule has 2 heterocycles. The quantitative estimate of drug-likeness (QED) is 0.707. The fourth-order valence-corrected chi connectivity index (χ4v) is 4.19. The lowest BCUT2D eigenvalue weighted by Gasteiger charge is -2.22. The molecule has 122 valence electrons. The molecule has 3 aromatic rings. The van der Waals surface area contributed by atoms with Crippen molar-refractivity contribution in [1.82, 2.24) is 5.16 Å². The topological polar surface area (TPSA) is 46.3 Å². The average molecular weight is 338 g/mol. The van der Waals surface area contributed by atoms with Gasteiger partial charge in [0.15, 0.2) is 11.5 Å². The molecule has 2 aromatic heterocycles. The summed E-state index contributed by atoms with van der Waals surface area (Å²) in [5.74, 6) is 0.678. The van der Waals surface area contributed by atoms with Crippen LogP contribution in [0, 0.1) is 6.92 Å². The summed E-state index contributed by atoms with van der Waals surface area (Å²) in [7, 11) is 0. The van der Waals surface area contributed by atoms with Crippen molar-refractivity contribution in [3.05, 3.63) is 57.4 Å². The highest BCUT2D eigenvalue weighted by Crippen LogP contribution is 2.38. The van der Waals surface area contributed by atoms with Crippen molar-refractivity contribution in [1.29, 1.82) is 0 Å². The molecule has 24 heavy (non-hydrogen) atoms. The number of hydrogen-bond donors (Lipinski definition) is 0. The van der Waals surface area contributed by atoms with E-state index in [1.54, 1.807) is 16.2 Å². The predicted octanol–water partition coefficient (Wildman–Crippen LogP) is 4.48. The number of para-hydroxylation sites is 1. The lowest BCUT2D eigenvalue weighted by atomic mass is 9.95. The number of carbonyl (C=O) groups is 1. The van der Waals surface area contributed by atoms with Gasteiger partial charge in [-0.05, 0) is 49.8 Å². The van der Waals surface area contributed by atoms with Crippen molar-refractivity contribution in [2.75, 3.05) is 11.4 Å². The standard InChI is InChI=1S/C19H18N2O2S/c1-3-21(15-7-5-4-6-12(15)2)19(22)17-14-8-9-16-13(10-11-24-16)18(14)23-20-17/h4-7,10-11H,3,8-9H2,1-2H3. The van der Waals surface area contributed by atoms with E-state index >= 15 is 0 Å². The summed E-state index contributed by atoms with van der Waals surface area (Å²) in [4.78, 5) is 16.2. The van der Waals surface area contributed by atoms with Crippen LogP contribution in [0.25, 0.3) is 11.3 Å². The number of nitrogens with zero attached hydrogens (tertiary/aromatic N) is 2. The van der Waals surface area contributed by atoms with Crippen molar-refractivity contribution < 1.29 is 9.32 Å². The first kappa shape index (κ1) is 15.1. The van der Waals surface area contributed by atoms with Crippen molar-refractivity contribution in [3.8, 4) is 11.3 Å². The van der Waals surface area contributed by atoms with Gasteiger partial charge < -0.3 is 9.42 Å². The number of rotatable bonds is 3. The number of aromatic nitrogens is 1. The van der Waals surface area contributed by atoms with E-state index in [1.165, 1.54) is 4.88 Å². The second-order valence-corrected chi connectivity index (χ2v) is 6.93. The first-order valence-corrected chi connectivity index (χ1v) is 9.01. The van der Waals surface area contributed by atoms with Gasteiger partial charge in [0, 0.05) is 28.2 Å². The number of aryl methyl sites for hydroxylation is 2. The first-order valence-electron chi connectivity index (χ1n) is 8.13. The first-order chi connectivity index (χ1) is 11.7. The normalized spacial score (nSPS) is 12.6. The van der Waals surface area contributed by atoms with E-state index in [-0.39, 0.29) is 5.91 Å². The summed E-state index contributed by atoms with van der Waals surface area (Å²) in [6.07, 6.45) is 1.75. The molecule has 1 aliphatic rings. The smallest absolute Gasteiger partial charge is 0.280 e. The van der Waals surface area contributed by atoms with Crippen LogP contribution in [-0.4, -0.2) is 17.6 Å². The summed E-state index contributed by atoms with van der Waals surface area (Å²) in [6, 6.07) is 9.97. The monoisotopic (exact) mass is 338 g/mol. The highest BCUT2D eigenvalue weighted by Gasteiger charge is 2.30. The Balaban J connectivity index is 1.75. The molecule has 0 atom stereocenters. The van der Waals surface area contributed by atoms with Crippen molar-refractivity contribution in [2.45, 2.75) is 26.7 Å². The van der Waals surface area contributed by atoms with E-state index in [0.29, 0.717) is 12.2 Å². The number of carbonyl (C=O) groups excluding carboxylic acids is 1. The van der Waals surface area contributed by atoms with Gasteiger partial charge in [0.1, 0.15) is 0 Å². The van der Waals surface area contributed by atoms with Gasteiger partial charge in [-0.3, -0.25) is 4.79 Å². The van der Waals surface area contributed by atoms with E-state index < -0.39 is 0 Å². The van der Waals surface area contributed by atoms with Crippen LogP contribution >= 0.6 is 11.3 Å². The third-order valence-corrected chi connectivity index (χ3v) is 5.53. The molecule has 1 aliphatic carbocycles. The molecule has 0 N–H and O–H groups in total. The fraction of sp³-hybridized carbons (Fsp3) is 0.263. The summed E-state index contributed by atoms with van der Waals surface area (Å²) >= 11 is 1.73. The van der Waals surface area contributed by atoms with Gasteiger partial charge in [-0.25, -0.2) is 0 Å². The van der Waals surface area contributed by atoms with Crippen LogP contribution in [-0.2, 0) is 12.8 Å². The Morgan fingerprint density at radius 2 is 2.12 bits per heavy atom. The molecule has 0 unspecified atom stereocenters. The SMILES string of the molecule is CCN(C(=O)c1noc2c1CCc1sccc1-2)c1ccccc1C. The van der Waals surface area contributed by atoms with Crippen LogP contribution in [0.5, 0.6) is 0 Å². The van der Waals surface area contributed by atoms with Gasteiger partial charge in [-0.1, -0.05) is 23.4 Å². The molecule has 0 saturated heterocycles. The zero-order valence-corrected chi connectivity index (χ0v) is 14.5. The Labute approximate surface area is 144 Å². The highest BCUT2D eigenvalue weighted by molar-refractivity contribution is 7.10. The lowest BCUT2D eigenvalue weighted by Crippen LogP contribution is -2.32. The van der Waals surface area contributed by atoms with Gasteiger partial charge in [-0.2, -0.15) is 0 Å². The minimum absolute atomic E-state index is 0.0875. The maximum absolute atomic E-state index is 13.1. The van der Waals surface area contributed by atoms with Gasteiger partial charge in [-0.15, -0.1) is 11.3 Å². The molecule has 0 aliphatic heterocycles. The maximum atomic E-state index is 13.1. The Morgan fingerprint density at radius 1 is 1.29 bits per heavy atom. The minimum atomic E-state index is -0.0875. The average Bonchev–Trinajstić information content (AvgIpc) is 3.22. The molecule has 1 aromatic carbocycles. The van der Waals surface area contributed by atoms with Crippen molar-refractivity contribution in [2.24, 2.45) is 0 Å². The number of hydrogen-bond acceptors (Lipinski definition) is 4. The molecule has 0 saturated carbocycles. The molecule has 1 amide bonds. The summed E-state index contributed by atoms with van der Waals surface area (Å²) in [5.41, 5.74) is 4.48. The number of amides is 1. The number of anilines is 1. The maximum Gasteiger partial charge on any atom is 0.280 e. The Hall–Kier alpha value is -2.40. The number of fused-ring (bicyclic) bond motifs is 3. The largest absolute Gasteiger partial charge is 0.355 e. The minimum Gasteiger partial charge on any atom is -0.355 e. The van der Waals surface area contributed by atoms with Crippen LogP contribution in [0.1, 0.15) is 33.4 Å². The molecule has 4 rings (SSSR count). The fourth-order valence-electron chi connectivity index (χ4n) is 3.31. The van der Waals surface area contributed by atoms with E-state index in [4.69, 9.17) is 4.52 Å². The molecule has 0 fully saturated rings. The zero-order valence-electron chi connectivity index (χ0n) is 13.7. The molecular weight excluding hydrogens is 320 g/mol. The zero-order chi connectivity index (χ0) is 16.7. The van der Waals surface area contributed by atoms with Crippen LogP contribution in [0.4, 0.5) is 5.69 Å². The van der Waals surface area contributed by atoms with Crippen LogP contribution in [0.15, 0.2) is 40.2 Å². The molecular formula is C19H18N2O2S. The number of benzene rings is 1. The van der Waals surface area contributed by atoms with E-state index in [9.17, 15) is 4.79 Å².